The smallest absolute Gasteiger partial charge is 0.211 e. The summed E-state index contributed by atoms with van der Waals surface area (Å²) in [7, 11) is 0. The number of nitrogens with zero attached hydrogens (tertiary/aromatic N) is 4. The van der Waals surface area contributed by atoms with Gasteiger partial charge in [0.1, 0.15) is 0 Å². The minimum Gasteiger partial charge on any atom is -0.369 e. The van der Waals surface area contributed by atoms with Crippen LogP contribution in [-0.2, 0) is 0 Å². The fourth-order valence-electron chi connectivity index (χ4n) is 0.356. The molecule has 0 radical (unpaired) electrons. The Bertz CT molecular complexity index is 215. The quantitative estimate of drug-likeness (QED) is 0.224. The number of hydrogen-bond acceptors (Lipinski definition) is 4. The first kappa shape index (κ1) is 10.9. The van der Waals surface area contributed by atoms with Crippen LogP contribution in [0.15, 0.2) is 20.4 Å². The molecular formula is C5H12N8. The molecule has 0 heterocycles. The summed E-state index contributed by atoms with van der Waals surface area (Å²) in [5.74, 6) is -0.199. The molecule has 0 unspecified atom stereocenters. The van der Waals surface area contributed by atoms with Gasteiger partial charge in [0.15, 0.2) is 0 Å². The van der Waals surface area contributed by atoms with Gasteiger partial charge >= 0.3 is 0 Å². The second-order valence-corrected chi connectivity index (χ2v) is 1.88. The average Bonchev–Trinajstić information content (AvgIpc) is 2.01. The Labute approximate surface area is 75.1 Å². The molecule has 8 heteroatoms. The molecule has 0 atom stereocenters. The van der Waals surface area contributed by atoms with Gasteiger partial charge in [-0.1, -0.05) is 0 Å². The lowest BCUT2D eigenvalue weighted by molar-refractivity contribution is 1.19. The van der Waals surface area contributed by atoms with Crippen molar-refractivity contribution >= 4 is 24.3 Å². The van der Waals surface area contributed by atoms with Gasteiger partial charge in [0.05, 0.1) is 0 Å². The molecule has 0 bridgehead atoms. The largest absolute Gasteiger partial charge is 0.369 e. The maximum absolute atomic E-state index is 5.00. The third kappa shape index (κ3) is 9.88. The number of nitrogens with two attached hydrogens (primary N) is 4. The second-order valence-electron chi connectivity index (χ2n) is 1.88. The van der Waals surface area contributed by atoms with E-state index in [1.54, 1.807) is 0 Å². The van der Waals surface area contributed by atoms with Gasteiger partial charge in [-0.3, -0.25) is 0 Å². The van der Waals surface area contributed by atoms with Crippen molar-refractivity contribution in [3.05, 3.63) is 0 Å². The topological polar surface area (TPSA) is 154 Å². The van der Waals surface area contributed by atoms with Crippen molar-refractivity contribution < 1.29 is 0 Å². The van der Waals surface area contributed by atoms with Crippen molar-refractivity contribution in [2.75, 3.05) is 0 Å². The molecule has 0 rings (SSSR count). The number of hydrogen-bond donors (Lipinski definition) is 4. The summed E-state index contributed by atoms with van der Waals surface area (Å²) >= 11 is 0. The van der Waals surface area contributed by atoms with Crippen molar-refractivity contribution in [2.24, 2.45) is 43.3 Å². The van der Waals surface area contributed by atoms with Crippen LogP contribution in [0.4, 0.5) is 0 Å². The molecule has 0 fully saturated rings. The van der Waals surface area contributed by atoms with Gasteiger partial charge in [-0.05, 0) is 0 Å². The van der Waals surface area contributed by atoms with Crippen molar-refractivity contribution in [2.45, 2.75) is 6.42 Å². The van der Waals surface area contributed by atoms with Crippen LogP contribution in [0.3, 0.4) is 0 Å². The highest BCUT2D eigenvalue weighted by molar-refractivity contribution is 5.81. The Morgan fingerprint density at radius 3 is 1.54 bits per heavy atom. The van der Waals surface area contributed by atoms with Gasteiger partial charge in [0.2, 0.25) is 11.9 Å². The minimum atomic E-state index is -0.0996. The van der Waals surface area contributed by atoms with Crippen LogP contribution in [0.5, 0.6) is 0 Å². The van der Waals surface area contributed by atoms with E-state index >= 15 is 0 Å². The Balaban J connectivity index is 3.68. The van der Waals surface area contributed by atoms with E-state index in [-0.39, 0.29) is 11.9 Å². The van der Waals surface area contributed by atoms with Crippen LogP contribution < -0.4 is 22.9 Å². The van der Waals surface area contributed by atoms with E-state index < -0.39 is 0 Å². The molecule has 0 saturated heterocycles. The average molecular weight is 184 g/mol. The van der Waals surface area contributed by atoms with Crippen LogP contribution in [-0.4, -0.2) is 24.3 Å². The van der Waals surface area contributed by atoms with Gasteiger partial charge in [0.25, 0.3) is 0 Å². The van der Waals surface area contributed by atoms with Gasteiger partial charge < -0.3 is 22.9 Å². The molecule has 72 valence electrons. The van der Waals surface area contributed by atoms with Crippen molar-refractivity contribution in [1.29, 1.82) is 0 Å². The normalized spacial score (nSPS) is 10.5. The zero-order chi connectivity index (χ0) is 10.1. The molecule has 0 amide bonds. The maximum Gasteiger partial charge on any atom is 0.211 e. The standard InChI is InChI=1S/C5H12N8/c6-4(7)12-10-2-1-3-11-13-5(8)9/h2-3H,1H2,(H4,6,7,12)(H4,8,9,13)/b10-2+,11-3+. The fraction of sp³-hybridized carbons (Fsp3) is 0.200. The number of guanidine groups is 2. The van der Waals surface area contributed by atoms with E-state index in [0.717, 1.165) is 0 Å². The van der Waals surface area contributed by atoms with Crippen molar-refractivity contribution in [1.82, 2.24) is 0 Å². The molecule has 8 N–H and O–H groups in total. The summed E-state index contributed by atoms with van der Waals surface area (Å²) in [6.45, 7) is 0. The van der Waals surface area contributed by atoms with Crippen LogP contribution in [0.1, 0.15) is 6.42 Å². The monoisotopic (exact) mass is 184 g/mol. The highest BCUT2D eigenvalue weighted by Gasteiger charge is 1.75. The van der Waals surface area contributed by atoms with Gasteiger partial charge in [-0.2, -0.15) is 10.2 Å². The van der Waals surface area contributed by atoms with Crippen LogP contribution >= 0.6 is 0 Å². The second kappa shape index (κ2) is 6.58. The minimum absolute atomic E-state index is 0.0996. The molecule has 13 heavy (non-hydrogen) atoms. The van der Waals surface area contributed by atoms with Crippen LogP contribution in [0.2, 0.25) is 0 Å². The van der Waals surface area contributed by atoms with E-state index in [4.69, 9.17) is 22.9 Å². The molecular weight excluding hydrogens is 172 g/mol. The van der Waals surface area contributed by atoms with E-state index in [1.807, 2.05) is 0 Å². The van der Waals surface area contributed by atoms with Crippen LogP contribution in [0, 0.1) is 0 Å². The number of rotatable bonds is 4. The molecule has 0 aromatic rings. The highest BCUT2D eigenvalue weighted by atomic mass is 15.3. The molecule has 0 saturated carbocycles. The first-order chi connectivity index (χ1) is 6.13. The predicted molar refractivity (Wildman–Crippen MR) is 53.2 cm³/mol. The van der Waals surface area contributed by atoms with Gasteiger partial charge in [0, 0.05) is 18.9 Å². The third-order valence-electron chi connectivity index (χ3n) is 0.721. The maximum atomic E-state index is 5.00. The van der Waals surface area contributed by atoms with Crippen molar-refractivity contribution in [3.8, 4) is 0 Å². The molecule has 0 aliphatic carbocycles. The molecule has 0 aliphatic rings. The summed E-state index contributed by atoms with van der Waals surface area (Å²) in [5, 5.41) is 13.7. The van der Waals surface area contributed by atoms with E-state index in [1.165, 1.54) is 12.4 Å². The lowest BCUT2D eigenvalue weighted by Gasteiger charge is -1.83. The first-order valence-electron chi connectivity index (χ1n) is 3.33. The lowest BCUT2D eigenvalue weighted by atomic mass is 10.5. The Morgan fingerprint density at radius 1 is 0.846 bits per heavy atom. The summed E-state index contributed by atoms with van der Waals surface area (Å²) in [6.07, 6.45) is 3.34. The highest BCUT2D eigenvalue weighted by Crippen LogP contribution is 1.73. The lowest BCUT2D eigenvalue weighted by Crippen LogP contribution is -2.21. The predicted octanol–water partition coefficient (Wildman–Crippen LogP) is -2.11. The summed E-state index contributed by atoms with van der Waals surface area (Å²) in [4.78, 5) is 0. The van der Waals surface area contributed by atoms with Crippen molar-refractivity contribution in [3.63, 3.8) is 0 Å². The van der Waals surface area contributed by atoms with Crippen LogP contribution in [0.25, 0.3) is 0 Å². The Morgan fingerprint density at radius 2 is 1.23 bits per heavy atom. The SMILES string of the molecule is NC(N)=N/N=C/C/C=N/N=C(N)N. The fourth-order valence-corrected chi connectivity index (χ4v) is 0.356. The Kier molecular flexibility index (Phi) is 5.51. The molecule has 0 aromatic carbocycles. The first-order valence-corrected chi connectivity index (χ1v) is 3.33. The summed E-state index contributed by atoms with van der Waals surface area (Å²) in [5.41, 5.74) is 20.0. The van der Waals surface area contributed by atoms with E-state index in [9.17, 15) is 0 Å². The van der Waals surface area contributed by atoms with E-state index in [0.29, 0.717) is 6.42 Å². The molecule has 0 aromatic heterocycles. The third-order valence-corrected chi connectivity index (χ3v) is 0.721. The summed E-state index contributed by atoms with van der Waals surface area (Å²) < 4.78 is 0. The zero-order valence-electron chi connectivity index (χ0n) is 6.96. The molecule has 0 aliphatic heterocycles. The molecule has 0 spiro atoms. The van der Waals surface area contributed by atoms with Gasteiger partial charge in [-0.25, -0.2) is 0 Å². The van der Waals surface area contributed by atoms with Gasteiger partial charge in [-0.15, -0.1) is 10.2 Å². The molecule has 8 nitrogen and oxygen atoms in total. The zero-order valence-corrected chi connectivity index (χ0v) is 6.96. The summed E-state index contributed by atoms with van der Waals surface area (Å²) in [6, 6.07) is 0. The van der Waals surface area contributed by atoms with E-state index in [2.05, 4.69) is 20.4 Å². The Hall–Kier alpha value is -2.12.